The van der Waals surface area contributed by atoms with Crippen molar-refractivity contribution in [1.82, 2.24) is 0 Å². The van der Waals surface area contributed by atoms with E-state index in [-0.39, 0.29) is 33.2 Å². The Morgan fingerprint density at radius 3 is 2.10 bits per heavy atom. The van der Waals surface area contributed by atoms with E-state index in [1.807, 2.05) is 24.3 Å². The Balaban J connectivity index is 2.01. The van der Waals surface area contributed by atoms with Gasteiger partial charge < -0.3 is 9.84 Å². The van der Waals surface area contributed by atoms with Crippen LogP contribution in [0.2, 0.25) is 10.0 Å². The van der Waals surface area contributed by atoms with Crippen molar-refractivity contribution in [3.8, 4) is 5.75 Å². The van der Waals surface area contributed by atoms with Crippen LogP contribution in [-0.4, -0.2) is 23.5 Å². The summed E-state index contributed by atoms with van der Waals surface area (Å²) in [6, 6.07) is 10.6. The Bertz CT molecular complexity index is 891. The summed E-state index contributed by atoms with van der Waals surface area (Å²) in [6.45, 7) is 8.79. The fourth-order valence-corrected chi connectivity index (χ4v) is 3.88. The van der Waals surface area contributed by atoms with Crippen LogP contribution in [0.25, 0.3) is 0 Å². The molecule has 2 rings (SSSR count). The van der Waals surface area contributed by atoms with Gasteiger partial charge in [-0.05, 0) is 47.9 Å². The molecule has 0 heterocycles. The molecule has 0 saturated carbocycles. The van der Waals surface area contributed by atoms with E-state index in [2.05, 4.69) is 20.8 Å². The molecule has 2 aromatic rings. The topological polar surface area (TPSA) is 63.6 Å². The number of carbonyl (C=O) groups excluding carboxylic acids is 1. The third-order valence-electron chi connectivity index (χ3n) is 4.99. The molecule has 4 nitrogen and oxygen atoms in total. The number of carboxylic acids is 1. The van der Waals surface area contributed by atoms with Crippen molar-refractivity contribution in [3.05, 3.63) is 63.1 Å². The highest BCUT2D eigenvalue weighted by molar-refractivity contribution is 6.40. The fourth-order valence-electron chi connectivity index (χ4n) is 3.20. The molecule has 0 radical (unpaired) electrons. The minimum absolute atomic E-state index is 0.153. The maximum Gasteiger partial charge on any atom is 0.306 e. The summed E-state index contributed by atoms with van der Waals surface area (Å²) in [5, 5.41) is 9.57. The summed E-state index contributed by atoms with van der Waals surface area (Å²) >= 11 is 12.7. The van der Waals surface area contributed by atoms with Gasteiger partial charge in [0.05, 0.1) is 28.1 Å². The number of benzene rings is 2. The van der Waals surface area contributed by atoms with Gasteiger partial charge in [0.1, 0.15) is 5.75 Å². The van der Waals surface area contributed by atoms with Crippen molar-refractivity contribution in [2.24, 2.45) is 11.3 Å². The van der Waals surface area contributed by atoms with Crippen LogP contribution >= 0.6 is 23.2 Å². The van der Waals surface area contributed by atoms with Crippen molar-refractivity contribution in [2.75, 3.05) is 6.61 Å². The molecule has 0 amide bonds. The van der Waals surface area contributed by atoms with Crippen molar-refractivity contribution in [2.45, 2.75) is 53.4 Å². The average molecular weight is 465 g/mol. The first kappa shape index (κ1) is 25.2. The second-order valence-corrected chi connectivity index (χ2v) is 9.95. The minimum atomic E-state index is -0.829. The summed E-state index contributed by atoms with van der Waals surface area (Å²) in [7, 11) is 0. The average Bonchev–Trinajstić information content (AvgIpc) is 2.65. The fraction of sp³-hybridized carbons (Fsp3) is 0.440. The summed E-state index contributed by atoms with van der Waals surface area (Å²) < 4.78 is 5.76. The van der Waals surface area contributed by atoms with Crippen LogP contribution < -0.4 is 4.74 Å². The molecule has 2 aromatic carbocycles. The lowest BCUT2D eigenvalue weighted by Crippen LogP contribution is -2.12. The molecule has 0 aromatic heterocycles. The summed E-state index contributed by atoms with van der Waals surface area (Å²) in [4.78, 5) is 23.8. The molecule has 0 spiro atoms. The van der Waals surface area contributed by atoms with Crippen LogP contribution in [0.15, 0.2) is 36.4 Å². The zero-order chi connectivity index (χ0) is 23.2. The lowest BCUT2D eigenvalue weighted by Gasteiger charge is -2.18. The predicted molar refractivity (Wildman–Crippen MR) is 126 cm³/mol. The molecular formula is C25H30Cl2O4. The number of aliphatic carboxylic acids is 1. The molecule has 0 fully saturated rings. The van der Waals surface area contributed by atoms with Crippen molar-refractivity contribution in [1.29, 1.82) is 0 Å². The van der Waals surface area contributed by atoms with Gasteiger partial charge in [-0.25, -0.2) is 0 Å². The van der Waals surface area contributed by atoms with Gasteiger partial charge in [-0.15, -0.1) is 0 Å². The van der Waals surface area contributed by atoms with Crippen LogP contribution in [0, 0.1) is 11.3 Å². The monoisotopic (exact) mass is 464 g/mol. The lowest BCUT2D eigenvalue weighted by atomic mass is 9.91. The third-order valence-corrected chi connectivity index (χ3v) is 5.58. The highest BCUT2D eigenvalue weighted by atomic mass is 35.5. The predicted octanol–water partition coefficient (Wildman–Crippen LogP) is 6.89. The Hall–Kier alpha value is -2.04. The van der Waals surface area contributed by atoms with Gasteiger partial charge >= 0.3 is 5.97 Å². The molecule has 0 aliphatic heterocycles. The number of ketones is 1. The Labute approximate surface area is 194 Å². The van der Waals surface area contributed by atoms with Gasteiger partial charge in [-0.1, -0.05) is 75.2 Å². The smallest absolute Gasteiger partial charge is 0.306 e. The molecular weight excluding hydrogens is 435 g/mol. The summed E-state index contributed by atoms with van der Waals surface area (Å²) in [5.41, 5.74) is 2.26. The normalized spacial score (nSPS) is 12.5. The molecule has 0 saturated heterocycles. The van der Waals surface area contributed by atoms with Gasteiger partial charge in [-0.3, -0.25) is 9.59 Å². The van der Waals surface area contributed by atoms with Crippen LogP contribution in [-0.2, 0) is 17.6 Å². The third kappa shape index (κ3) is 8.19. The largest absolute Gasteiger partial charge is 0.493 e. The van der Waals surface area contributed by atoms with Crippen LogP contribution in [0.5, 0.6) is 5.75 Å². The van der Waals surface area contributed by atoms with E-state index in [9.17, 15) is 9.59 Å². The van der Waals surface area contributed by atoms with E-state index in [1.165, 1.54) is 0 Å². The van der Waals surface area contributed by atoms with Gasteiger partial charge in [0.2, 0.25) is 0 Å². The standard InChI is InChI=1S/C25H30Cl2O4/c1-16(24(29)30)12-17-6-8-18(9-7-17)13-22(28)23-20(26)14-19(15-21(23)27)31-11-5-10-25(2,3)4/h6-9,14-16H,5,10-13H2,1-4H3,(H,29,30)/t16-/m0/s1. The molecule has 1 N–H and O–H groups in total. The number of carboxylic acid groups (broad SMARTS) is 1. The quantitative estimate of drug-likeness (QED) is 0.307. The highest BCUT2D eigenvalue weighted by Gasteiger charge is 2.18. The number of halogens is 2. The summed E-state index contributed by atoms with van der Waals surface area (Å²) in [5.74, 6) is -0.914. The van der Waals surface area contributed by atoms with Crippen molar-refractivity contribution < 1.29 is 19.4 Å². The SMILES string of the molecule is C[C@@H](Cc1ccc(CC(=O)c2c(Cl)cc(OCCCC(C)(C)C)cc2Cl)cc1)C(=O)O. The van der Waals surface area contributed by atoms with Gasteiger partial charge in [0.25, 0.3) is 0 Å². The maximum absolute atomic E-state index is 12.8. The number of Topliss-reactive ketones (excluding diaryl/α,β-unsaturated/α-hetero) is 1. The number of hydrogen-bond acceptors (Lipinski definition) is 3. The van der Waals surface area contributed by atoms with Crippen molar-refractivity contribution in [3.63, 3.8) is 0 Å². The second-order valence-electron chi connectivity index (χ2n) is 9.13. The van der Waals surface area contributed by atoms with E-state index in [0.29, 0.717) is 18.8 Å². The Morgan fingerprint density at radius 2 is 1.58 bits per heavy atom. The Morgan fingerprint density at radius 1 is 1.03 bits per heavy atom. The molecule has 0 unspecified atom stereocenters. The van der Waals surface area contributed by atoms with Gasteiger partial charge in [-0.2, -0.15) is 0 Å². The molecule has 31 heavy (non-hydrogen) atoms. The zero-order valence-electron chi connectivity index (χ0n) is 18.5. The lowest BCUT2D eigenvalue weighted by molar-refractivity contribution is -0.141. The van der Waals surface area contributed by atoms with Crippen LogP contribution in [0.3, 0.4) is 0 Å². The minimum Gasteiger partial charge on any atom is -0.493 e. The number of hydrogen-bond donors (Lipinski definition) is 1. The van der Waals surface area contributed by atoms with E-state index >= 15 is 0 Å². The molecule has 0 aliphatic rings. The van der Waals surface area contributed by atoms with Crippen LogP contribution in [0.4, 0.5) is 0 Å². The van der Waals surface area contributed by atoms with E-state index in [1.54, 1.807) is 19.1 Å². The number of carbonyl (C=O) groups is 2. The molecule has 1 atom stereocenters. The van der Waals surface area contributed by atoms with E-state index in [0.717, 1.165) is 24.0 Å². The van der Waals surface area contributed by atoms with E-state index in [4.69, 9.17) is 33.0 Å². The van der Waals surface area contributed by atoms with Gasteiger partial charge in [0.15, 0.2) is 5.78 Å². The van der Waals surface area contributed by atoms with Gasteiger partial charge in [0, 0.05) is 6.42 Å². The second kappa shape index (κ2) is 11.0. The zero-order valence-corrected chi connectivity index (χ0v) is 20.0. The number of rotatable bonds is 10. The van der Waals surface area contributed by atoms with E-state index < -0.39 is 11.9 Å². The first-order valence-electron chi connectivity index (χ1n) is 10.4. The number of ether oxygens (including phenoxy) is 1. The maximum atomic E-state index is 12.8. The van der Waals surface area contributed by atoms with Crippen LogP contribution in [0.1, 0.15) is 62.0 Å². The summed E-state index contributed by atoms with van der Waals surface area (Å²) in [6.07, 6.45) is 2.55. The first-order valence-corrected chi connectivity index (χ1v) is 11.2. The molecule has 0 aliphatic carbocycles. The molecule has 168 valence electrons. The molecule has 0 bridgehead atoms. The first-order chi connectivity index (χ1) is 14.5. The van der Waals surface area contributed by atoms with Crippen molar-refractivity contribution >= 4 is 35.0 Å². The highest BCUT2D eigenvalue weighted by Crippen LogP contribution is 2.32. The Kier molecular flexibility index (Phi) is 8.96. The molecule has 6 heteroatoms.